The molecule has 1 aromatic heterocycles. The van der Waals surface area contributed by atoms with Gasteiger partial charge in [0.25, 0.3) is 0 Å². The Labute approximate surface area is 160 Å². The van der Waals surface area contributed by atoms with Crippen LogP contribution in [0.2, 0.25) is 0 Å². The highest BCUT2D eigenvalue weighted by molar-refractivity contribution is 7.12. The number of phenolic OH excluding ortho intramolecular Hbond substituents is 1. The topological polar surface area (TPSA) is 37.3 Å². The maximum Gasteiger partial charge on any atom is 0.196 e. The number of thiophene rings is 1. The van der Waals surface area contributed by atoms with E-state index in [1.54, 1.807) is 17.4 Å². The lowest BCUT2D eigenvalue weighted by Crippen LogP contribution is -2.27. The minimum atomic E-state index is 0.0973. The van der Waals surface area contributed by atoms with E-state index < -0.39 is 0 Å². The molecule has 0 radical (unpaired) electrons. The molecular weight excluding hydrogens is 340 g/mol. The van der Waals surface area contributed by atoms with Crippen molar-refractivity contribution in [2.24, 2.45) is 5.41 Å². The smallest absolute Gasteiger partial charge is 0.196 e. The van der Waals surface area contributed by atoms with E-state index >= 15 is 0 Å². The van der Waals surface area contributed by atoms with Crippen LogP contribution in [0.15, 0.2) is 23.6 Å². The zero-order chi connectivity index (χ0) is 18.9. The Bertz CT molecular complexity index is 830. The maximum absolute atomic E-state index is 12.8. The molecule has 138 valence electrons. The normalized spacial score (nSPS) is 16.0. The first kappa shape index (κ1) is 18.9. The van der Waals surface area contributed by atoms with E-state index in [1.807, 2.05) is 32.1 Å². The fourth-order valence-corrected chi connectivity index (χ4v) is 5.16. The van der Waals surface area contributed by atoms with E-state index in [-0.39, 0.29) is 5.78 Å². The maximum atomic E-state index is 12.8. The molecule has 0 fully saturated rings. The van der Waals surface area contributed by atoms with Crippen LogP contribution in [0.4, 0.5) is 0 Å². The molecule has 1 aromatic carbocycles. The number of hydrogen-bond acceptors (Lipinski definition) is 3. The van der Waals surface area contributed by atoms with E-state index in [0.29, 0.717) is 11.2 Å². The molecule has 0 amide bonds. The average Bonchev–Trinajstić information content (AvgIpc) is 3.06. The molecule has 3 rings (SSSR count). The minimum Gasteiger partial charge on any atom is -0.507 e. The number of fused-ring (bicyclic) bond motifs is 1. The predicted octanol–water partition coefficient (Wildman–Crippen LogP) is 6.26. The first-order valence-corrected chi connectivity index (χ1v) is 10.4. The molecule has 1 N–H and O–H groups in total. The molecule has 2 aromatic rings. The number of aryl methyl sites for hydroxylation is 2. The second-order valence-corrected chi connectivity index (χ2v) is 8.53. The number of carbonyl (C=O) groups excluding carboxylic acids is 1. The van der Waals surface area contributed by atoms with E-state index in [0.717, 1.165) is 34.4 Å². The SMILES string of the molecule is CCC1(CC)CCc2c(csc2C(=O)C=Cc2cc(C)c(O)c(C)c2)C1. The summed E-state index contributed by atoms with van der Waals surface area (Å²) >= 11 is 1.60. The first-order chi connectivity index (χ1) is 12.4. The van der Waals surface area contributed by atoms with Gasteiger partial charge in [0.2, 0.25) is 0 Å². The van der Waals surface area contributed by atoms with Crippen molar-refractivity contribution in [3.63, 3.8) is 0 Å². The summed E-state index contributed by atoms with van der Waals surface area (Å²) in [5.41, 5.74) is 5.71. The van der Waals surface area contributed by atoms with Gasteiger partial charge in [-0.25, -0.2) is 0 Å². The second kappa shape index (κ2) is 7.40. The third-order valence-electron chi connectivity index (χ3n) is 6.12. The lowest BCUT2D eigenvalue weighted by molar-refractivity contribution is 0.104. The molecular formula is C23H28O2S. The van der Waals surface area contributed by atoms with Crippen LogP contribution in [0.3, 0.4) is 0 Å². The van der Waals surface area contributed by atoms with Crippen LogP contribution in [0.1, 0.15) is 70.6 Å². The summed E-state index contributed by atoms with van der Waals surface area (Å²) < 4.78 is 0. The summed E-state index contributed by atoms with van der Waals surface area (Å²) in [5, 5.41) is 12.1. The van der Waals surface area contributed by atoms with Crippen molar-refractivity contribution >= 4 is 23.2 Å². The van der Waals surface area contributed by atoms with Crippen LogP contribution in [-0.2, 0) is 12.8 Å². The molecule has 3 heteroatoms. The fourth-order valence-electron chi connectivity index (χ4n) is 4.12. The number of phenols is 1. The molecule has 26 heavy (non-hydrogen) atoms. The third-order valence-corrected chi connectivity index (χ3v) is 7.20. The molecule has 1 heterocycles. The van der Waals surface area contributed by atoms with Gasteiger partial charge in [0.05, 0.1) is 4.88 Å². The van der Waals surface area contributed by atoms with Crippen LogP contribution in [0.25, 0.3) is 6.08 Å². The molecule has 0 saturated carbocycles. The van der Waals surface area contributed by atoms with E-state index in [2.05, 4.69) is 19.2 Å². The minimum absolute atomic E-state index is 0.0973. The second-order valence-electron chi connectivity index (χ2n) is 7.65. The molecule has 0 atom stereocenters. The quantitative estimate of drug-likeness (QED) is 0.499. The fraction of sp³-hybridized carbons (Fsp3) is 0.435. The molecule has 1 aliphatic rings. The first-order valence-electron chi connectivity index (χ1n) is 9.51. The van der Waals surface area contributed by atoms with Gasteiger partial charge in [-0.2, -0.15) is 0 Å². The summed E-state index contributed by atoms with van der Waals surface area (Å²) in [5.74, 6) is 0.427. The zero-order valence-electron chi connectivity index (χ0n) is 16.2. The summed E-state index contributed by atoms with van der Waals surface area (Å²) in [4.78, 5) is 13.7. The van der Waals surface area contributed by atoms with Crippen LogP contribution < -0.4 is 0 Å². The van der Waals surface area contributed by atoms with Gasteiger partial charge in [0, 0.05) is 0 Å². The lowest BCUT2D eigenvalue weighted by atomic mass is 9.69. The molecule has 0 saturated heterocycles. The monoisotopic (exact) mass is 368 g/mol. The highest BCUT2D eigenvalue weighted by Crippen LogP contribution is 2.43. The summed E-state index contributed by atoms with van der Waals surface area (Å²) in [6.45, 7) is 8.34. The average molecular weight is 369 g/mol. The van der Waals surface area contributed by atoms with Gasteiger partial charge >= 0.3 is 0 Å². The number of allylic oxidation sites excluding steroid dienone is 1. The van der Waals surface area contributed by atoms with Crippen LogP contribution in [-0.4, -0.2) is 10.9 Å². The number of ketones is 1. The Morgan fingerprint density at radius 3 is 2.50 bits per heavy atom. The largest absolute Gasteiger partial charge is 0.507 e. The number of carbonyl (C=O) groups is 1. The molecule has 0 unspecified atom stereocenters. The highest BCUT2D eigenvalue weighted by atomic mass is 32.1. The van der Waals surface area contributed by atoms with Crippen molar-refractivity contribution in [2.75, 3.05) is 0 Å². The standard InChI is InChI=1S/C23H28O2S/c1-5-23(6-2)10-9-19-18(13-23)14-26-22(19)20(24)8-7-17-11-15(3)21(25)16(4)12-17/h7-8,11-12,14,25H,5-6,9-10,13H2,1-4H3. The van der Waals surface area contributed by atoms with Crippen LogP contribution >= 0.6 is 11.3 Å². The Kier molecular flexibility index (Phi) is 5.38. The van der Waals surface area contributed by atoms with Gasteiger partial charge in [-0.15, -0.1) is 11.3 Å². The Balaban J connectivity index is 1.81. The molecule has 0 spiro atoms. The predicted molar refractivity (Wildman–Crippen MR) is 110 cm³/mol. The van der Waals surface area contributed by atoms with Gasteiger partial charge in [0.1, 0.15) is 5.75 Å². The molecule has 2 nitrogen and oxygen atoms in total. The van der Waals surface area contributed by atoms with Crippen molar-refractivity contribution in [3.8, 4) is 5.75 Å². The number of benzene rings is 1. The Morgan fingerprint density at radius 2 is 1.88 bits per heavy atom. The lowest BCUT2D eigenvalue weighted by Gasteiger charge is -2.36. The van der Waals surface area contributed by atoms with Gasteiger partial charge in [-0.3, -0.25) is 4.79 Å². The number of rotatable bonds is 5. The van der Waals surface area contributed by atoms with Gasteiger partial charge < -0.3 is 5.11 Å². The molecule has 0 bridgehead atoms. The summed E-state index contributed by atoms with van der Waals surface area (Å²) in [6.07, 6.45) is 9.27. The van der Waals surface area contributed by atoms with E-state index in [4.69, 9.17) is 0 Å². The van der Waals surface area contributed by atoms with E-state index in [1.165, 1.54) is 30.4 Å². The van der Waals surface area contributed by atoms with Crippen LogP contribution in [0, 0.1) is 19.3 Å². The van der Waals surface area contributed by atoms with Gasteiger partial charge in [0.15, 0.2) is 5.78 Å². The van der Waals surface area contributed by atoms with Gasteiger partial charge in [-0.1, -0.05) is 32.8 Å². The zero-order valence-corrected chi connectivity index (χ0v) is 17.0. The highest BCUT2D eigenvalue weighted by Gasteiger charge is 2.33. The van der Waals surface area contributed by atoms with Gasteiger partial charge in [-0.05, 0) is 89.9 Å². The molecule has 0 aliphatic heterocycles. The van der Waals surface area contributed by atoms with Crippen molar-refractivity contribution < 1.29 is 9.90 Å². The van der Waals surface area contributed by atoms with Crippen molar-refractivity contribution in [2.45, 2.75) is 59.8 Å². The summed E-state index contributed by atoms with van der Waals surface area (Å²) in [7, 11) is 0. The Morgan fingerprint density at radius 1 is 1.23 bits per heavy atom. The number of hydrogen-bond donors (Lipinski definition) is 1. The molecule has 1 aliphatic carbocycles. The Hall–Kier alpha value is -1.87. The van der Waals surface area contributed by atoms with Crippen molar-refractivity contribution in [3.05, 3.63) is 56.3 Å². The summed E-state index contributed by atoms with van der Waals surface area (Å²) in [6, 6.07) is 3.82. The third kappa shape index (κ3) is 3.50. The van der Waals surface area contributed by atoms with E-state index in [9.17, 15) is 9.90 Å². The van der Waals surface area contributed by atoms with Crippen LogP contribution in [0.5, 0.6) is 5.75 Å². The van der Waals surface area contributed by atoms with Crippen molar-refractivity contribution in [1.29, 1.82) is 0 Å². The van der Waals surface area contributed by atoms with Crippen molar-refractivity contribution in [1.82, 2.24) is 0 Å². The number of aromatic hydroxyl groups is 1.